The standard InChI is InChI=1S/C22H22N2O3/c25-22(27-15-17-8-3-1-4-9-17)24-13-7-12-19(24)14-21-23-20(16-26-21)18-10-5-2-6-11-18/h1-6,8-11,16,19H,7,12-15H2. The van der Waals surface area contributed by atoms with Crippen LogP contribution in [0.25, 0.3) is 11.3 Å². The molecule has 27 heavy (non-hydrogen) atoms. The summed E-state index contributed by atoms with van der Waals surface area (Å²) in [6.07, 6.45) is 3.92. The van der Waals surface area contributed by atoms with Crippen LogP contribution in [0.1, 0.15) is 24.3 Å². The number of hydrogen-bond donors (Lipinski definition) is 0. The Morgan fingerprint density at radius 2 is 1.85 bits per heavy atom. The number of ether oxygens (including phenoxy) is 1. The Balaban J connectivity index is 1.37. The van der Waals surface area contributed by atoms with Gasteiger partial charge in [-0.15, -0.1) is 0 Å². The van der Waals surface area contributed by atoms with Crippen LogP contribution >= 0.6 is 0 Å². The smallest absolute Gasteiger partial charge is 0.410 e. The Bertz CT molecular complexity index is 877. The molecule has 0 radical (unpaired) electrons. The maximum Gasteiger partial charge on any atom is 0.410 e. The molecule has 1 aromatic heterocycles. The van der Waals surface area contributed by atoms with Crippen LogP contribution in [0.2, 0.25) is 0 Å². The van der Waals surface area contributed by atoms with E-state index >= 15 is 0 Å². The van der Waals surface area contributed by atoms with E-state index in [0.29, 0.717) is 25.5 Å². The lowest BCUT2D eigenvalue weighted by molar-refractivity contribution is 0.0912. The first-order valence-corrected chi connectivity index (χ1v) is 9.27. The van der Waals surface area contributed by atoms with E-state index in [-0.39, 0.29) is 12.1 Å². The number of carbonyl (C=O) groups excluding carboxylic acids is 1. The summed E-state index contributed by atoms with van der Waals surface area (Å²) in [6, 6.07) is 19.7. The molecule has 0 spiro atoms. The van der Waals surface area contributed by atoms with Gasteiger partial charge >= 0.3 is 6.09 Å². The second-order valence-corrected chi connectivity index (χ2v) is 6.73. The molecule has 1 unspecified atom stereocenters. The van der Waals surface area contributed by atoms with Gasteiger partial charge in [-0.1, -0.05) is 60.7 Å². The van der Waals surface area contributed by atoms with Crippen LogP contribution in [0, 0.1) is 0 Å². The van der Waals surface area contributed by atoms with Crippen LogP contribution in [-0.2, 0) is 17.8 Å². The molecule has 1 fully saturated rings. The second kappa shape index (κ2) is 8.08. The number of hydrogen-bond acceptors (Lipinski definition) is 4. The van der Waals surface area contributed by atoms with E-state index in [1.807, 2.05) is 60.7 Å². The first kappa shape index (κ1) is 17.3. The fraction of sp³-hybridized carbons (Fsp3) is 0.273. The molecule has 1 aliphatic rings. The second-order valence-electron chi connectivity index (χ2n) is 6.73. The zero-order valence-electron chi connectivity index (χ0n) is 15.1. The third kappa shape index (κ3) is 4.19. The third-order valence-corrected chi connectivity index (χ3v) is 4.85. The average molecular weight is 362 g/mol. The van der Waals surface area contributed by atoms with Crippen LogP contribution in [0.5, 0.6) is 0 Å². The first-order valence-electron chi connectivity index (χ1n) is 9.27. The minimum absolute atomic E-state index is 0.0653. The van der Waals surface area contributed by atoms with E-state index in [4.69, 9.17) is 9.15 Å². The Morgan fingerprint density at radius 1 is 1.11 bits per heavy atom. The van der Waals surface area contributed by atoms with Gasteiger partial charge in [0.15, 0.2) is 5.89 Å². The maximum absolute atomic E-state index is 12.5. The zero-order chi connectivity index (χ0) is 18.5. The Kier molecular flexibility index (Phi) is 5.19. The van der Waals surface area contributed by atoms with Gasteiger partial charge in [-0.25, -0.2) is 9.78 Å². The summed E-state index contributed by atoms with van der Waals surface area (Å²) in [4.78, 5) is 18.9. The Morgan fingerprint density at radius 3 is 2.63 bits per heavy atom. The van der Waals surface area contributed by atoms with Gasteiger partial charge in [0.25, 0.3) is 0 Å². The number of nitrogens with zero attached hydrogens (tertiary/aromatic N) is 2. The molecule has 1 aliphatic heterocycles. The molecule has 0 aliphatic carbocycles. The Hall–Kier alpha value is -3.08. The molecule has 1 amide bonds. The van der Waals surface area contributed by atoms with E-state index in [9.17, 15) is 4.79 Å². The quantitative estimate of drug-likeness (QED) is 0.661. The van der Waals surface area contributed by atoms with Crippen molar-refractivity contribution in [2.45, 2.75) is 31.9 Å². The molecule has 5 heteroatoms. The molecule has 1 saturated heterocycles. The number of amides is 1. The van der Waals surface area contributed by atoms with Gasteiger partial charge in [0.05, 0.1) is 0 Å². The summed E-state index contributed by atoms with van der Waals surface area (Å²) in [6.45, 7) is 1.00. The van der Waals surface area contributed by atoms with Gasteiger partial charge in [0.1, 0.15) is 18.6 Å². The van der Waals surface area contributed by atoms with Gasteiger partial charge in [0.2, 0.25) is 0 Å². The van der Waals surface area contributed by atoms with Gasteiger partial charge in [-0.2, -0.15) is 0 Å². The van der Waals surface area contributed by atoms with Crippen molar-refractivity contribution < 1.29 is 13.9 Å². The van der Waals surface area contributed by atoms with Crippen LogP contribution in [0.15, 0.2) is 71.3 Å². The lowest BCUT2D eigenvalue weighted by Crippen LogP contribution is -2.37. The van der Waals surface area contributed by atoms with E-state index < -0.39 is 0 Å². The van der Waals surface area contributed by atoms with Crippen LogP contribution < -0.4 is 0 Å². The van der Waals surface area contributed by atoms with Crippen LogP contribution in [0.4, 0.5) is 4.79 Å². The molecule has 138 valence electrons. The normalized spacial score (nSPS) is 16.4. The minimum Gasteiger partial charge on any atom is -0.448 e. The summed E-state index contributed by atoms with van der Waals surface area (Å²) >= 11 is 0. The van der Waals surface area contributed by atoms with Crippen molar-refractivity contribution in [3.8, 4) is 11.3 Å². The Labute approximate surface area is 158 Å². The number of oxazole rings is 1. The molecule has 0 N–H and O–H groups in total. The fourth-order valence-corrected chi connectivity index (χ4v) is 3.44. The number of likely N-dealkylation sites (tertiary alicyclic amines) is 1. The highest BCUT2D eigenvalue weighted by Crippen LogP contribution is 2.24. The summed E-state index contributed by atoms with van der Waals surface area (Å²) in [7, 11) is 0. The van der Waals surface area contributed by atoms with Gasteiger partial charge in [-0.05, 0) is 18.4 Å². The van der Waals surface area contributed by atoms with Crippen molar-refractivity contribution in [2.75, 3.05) is 6.54 Å². The van der Waals surface area contributed by atoms with Crippen LogP contribution in [0.3, 0.4) is 0 Å². The lowest BCUT2D eigenvalue weighted by atomic mass is 10.1. The molecule has 1 atom stereocenters. The van der Waals surface area contributed by atoms with Crippen molar-refractivity contribution in [2.24, 2.45) is 0 Å². The van der Waals surface area contributed by atoms with Gasteiger partial charge in [-0.3, -0.25) is 0 Å². The van der Waals surface area contributed by atoms with E-state index in [0.717, 1.165) is 29.7 Å². The predicted octanol–water partition coefficient (Wildman–Crippen LogP) is 4.69. The van der Waals surface area contributed by atoms with Crippen molar-refractivity contribution in [1.82, 2.24) is 9.88 Å². The molecule has 2 aromatic carbocycles. The topological polar surface area (TPSA) is 55.6 Å². The van der Waals surface area contributed by atoms with Gasteiger partial charge < -0.3 is 14.1 Å². The SMILES string of the molecule is O=C(OCc1ccccc1)N1CCCC1Cc1nc(-c2ccccc2)co1. The van der Waals surface area contributed by atoms with E-state index in [1.165, 1.54) is 0 Å². The first-order chi connectivity index (χ1) is 13.3. The minimum atomic E-state index is -0.267. The molecule has 0 bridgehead atoms. The summed E-state index contributed by atoms with van der Waals surface area (Å²) in [5.41, 5.74) is 2.83. The van der Waals surface area contributed by atoms with Crippen molar-refractivity contribution in [3.63, 3.8) is 0 Å². The van der Waals surface area contributed by atoms with Crippen molar-refractivity contribution in [1.29, 1.82) is 0 Å². The van der Waals surface area contributed by atoms with Crippen molar-refractivity contribution in [3.05, 3.63) is 78.4 Å². The fourth-order valence-electron chi connectivity index (χ4n) is 3.44. The highest BCUT2D eigenvalue weighted by molar-refractivity contribution is 5.68. The molecule has 0 saturated carbocycles. The average Bonchev–Trinajstić information content (AvgIpc) is 3.38. The molecular weight excluding hydrogens is 340 g/mol. The lowest BCUT2D eigenvalue weighted by Gasteiger charge is -2.23. The number of benzene rings is 2. The molecule has 2 heterocycles. The highest BCUT2D eigenvalue weighted by atomic mass is 16.6. The molecular formula is C22H22N2O3. The van der Waals surface area contributed by atoms with Gasteiger partial charge in [0, 0.05) is 24.6 Å². The van der Waals surface area contributed by atoms with E-state index in [1.54, 1.807) is 11.2 Å². The number of aromatic nitrogens is 1. The zero-order valence-corrected chi connectivity index (χ0v) is 15.1. The van der Waals surface area contributed by atoms with E-state index in [2.05, 4.69) is 4.98 Å². The number of carbonyl (C=O) groups is 1. The van der Waals surface area contributed by atoms with Crippen molar-refractivity contribution >= 4 is 6.09 Å². The molecule has 5 nitrogen and oxygen atoms in total. The highest BCUT2D eigenvalue weighted by Gasteiger charge is 2.31. The summed E-state index contributed by atoms with van der Waals surface area (Å²) in [5.74, 6) is 0.654. The monoisotopic (exact) mass is 362 g/mol. The third-order valence-electron chi connectivity index (χ3n) is 4.85. The predicted molar refractivity (Wildman–Crippen MR) is 102 cm³/mol. The summed E-state index contributed by atoms with van der Waals surface area (Å²) < 4.78 is 11.1. The summed E-state index contributed by atoms with van der Waals surface area (Å²) in [5, 5.41) is 0. The maximum atomic E-state index is 12.5. The van der Waals surface area contributed by atoms with Crippen LogP contribution in [-0.4, -0.2) is 28.6 Å². The largest absolute Gasteiger partial charge is 0.448 e. The molecule has 3 aromatic rings. The molecule has 4 rings (SSSR count). The number of rotatable bonds is 5.